The molecule has 2 aromatic carbocycles. The molecule has 0 saturated heterocycles. The lowest BCUT2D eigenvalue weighted by atomic mass is 10.1. The Morgan fingerprint density at radius 3 is 2.31 bits per heavy atom. The van der Waals surface area contributed by atoms with Crippen molar-refractivity contribution in [3.05, 3.63) is 48.0 Å². The molecule has 0 unspecified atom stereocenters. The highest BCUT2D eigenvalue weighted by molar-refractivity contribution is 5.81. The predicted molar refractivity (Wildman–Crippen MR) is 113 cm³/mol. The summed E-state index contributed by atoms with van der Waals surface area (Å²) in [5.74, 6) is 2.48. The second-order valence-electron chi connectivity index (χ2n) is 6.50. The van der Waals surface area contributed by atoms with Gasteiger partial charge in [-0.2, -0.15) is 0 Å². The van der Waals surface area contributed by atoms with Crippen LogP contribution in [0.5, 0.6) is 23.0 Å². The van der Waals surface area contributed by atoms with E-state index in [9.17, 15) is 4.79 Å². The van der Waals surface area contributed by atoms with E-state index in [1.165, 1.54) is 0 Å². The summed E-state index contributed by atoms with van der Waals surface area (Å²) in [6.45, 7) is 8.80. The third kappa shape index (κ3) is 6.31. The Morgan fingerprint density at radius 1 is 0.966 bits per heavy atom. The predicted octanol–water partition coefficient (Wildman–Crippen LogP) is 4.53. The fourth-order valence-corrected chi connectivity index (χ4v) is 2.89. The third-order valence-corrected chi connectivity index (χ3v) is 4.41. The van der Waals surface area contributed by atoms with Crippen molar-refractivity contribution in [3.63, 3.8) is 0 Å². The van der Waals surface area contributed by atoms with Gasteiger partial charge in [0.1, 0.15) is 11.5 Å². The van der Waals surface area contributed by atoms with Crippen LogP contribution in [-0.2, 0) is 4.79 Å². The van der Waals surface area contributed by atoms with Gasteiger partial charge in [0.2, 0.25) is 0 Å². The van der Waals surface area contributed by atoms with E-state index >= 15 is 0 Å². The van der Waals surface area contributed by atoms with Crippen LogP contribution in [0.3, 0.4) is 0 Å². The summed E-state index contributed by atoms with van der Waals surface area (Å²) < 4.78 is 22.4. The molecule has 1 N–H and O–H groups in total. The monoisotopic (exact) mass is 401 g/mol. The van der Waals surface area contributed by atoms with Crippen molar-refractivity contribution >= 4 is 5.91 Å². The van der Waals surface area contributed by atoms with Crippen LogP contribution in [-0.4, -0.2) is 32.3 Å². The maximum Gasteiger partial charge on any atom is 0.261 e. The Kier molecular flexibility index (Phi) is 8.65. The molecule has 158 valence electrons. The minimum Gasteiger partial charge on any atom is -0.497 e. The van der Waals surface area contributed by atoms with Crippen molar-refractivity contribution in [1.29, 1.82) is 0 Å². The van der Waals surface area contributed by atoms with E-state index in [1.54, 1.807) is 13.2 Å². The number of ether oxygens (including phenoxy) is 4. The van der Waals surface area contributed by atoms with Crippen LogP contribution in [0, 0.1) is 0 Å². The van der Waals surface area contributed by atoms with Gasteiger partial charge in [-0.3, -0.25) is 4.79 Å². The van der Waals surface area contributed by atoms with E-state index in [2.05, 4.69) is 5.32 Å². The molecule has 2 atom stereocenters. The van der Waals surface area contributed by atoms with Gasteiger partial charge < -0.3 is 24.3 Å². The summed E-state index contributed by atoms with van der Waals surface area (Å²) >= 11 is 0. The molecule has 6 nitrogen and oxygen atoms in total. The molecule has 0 fully saturated rings. The van der Waals surface area contributed by atoms with E-state index < -0.39 is 6.10 Å². The molecule has 0 bridgehead atoms. The Balaban J connectivity index is 2.08. The van der Waals surface area contributed by atoms with Crippen molar-refractivity contribution < 1.29 is 23.7 Å². The number of carbonyl (C=O) groups is 1. The van der Waals surface area contributed by atoms with Crippen LogP contribution in [0.25, 0.3) is 0 Å². The van der Waals surface area contributed by atoms with Crippen LogP contribution < -0.4 is 24.3 Å². The van der Waals surface area contributed by atoms with Crippen LogP contribution in [0.1, 0.15) is 45.7 Å². The Bertz CT molecular complexity index is 793. The van der Waals surface area contributed by atoms with E-state index in [1.807, 2.05) is 64.1 Å². The Labute approximate surface area is 173 Å². The summed E-state index contributed by atoms with van der Waals surface area (Å²) in [5.41, 5.74) is 0.932. The summed E-state index contributed by atoms with van der Waals surface area (Å²) in [4.78, 5) is 12.8. The molecule has 0 aliphatic carbocycles. The van der Waals surface area contributed by atoms with Crippen molar-refractivity contribution in [2.24, 2.45) is 0 Å². The SMILES string of the molecule is CCOc1ccc([C@@H](C)NC(=O)[C@@H](CC)Oc2cccc(OC)c2)cc1OCC. The maximum atomic E-state index is 12.8. The first kappa shape index (κ1) is 22.4. The lowest BCUT2D eigenvalue weighted by molar-refractivity contribution is -0.128. The molecule has 1 amide bonds. The molecular formula is C23H31NO5. The average Bonchev–Trinajstić information content (AvgIpc) is 2.73. The first-order valence-electron chi connectivity index (χ1n) is 10.0. The molecule has 29 heavy (non-hydrogen) atoms. The second-order valence-corrected chi connectivity index (χ2v) is 6.50. The number of amides is 1. The minimum atomic E-state index is -0.599. The van der Waals surface area contributed by atoms with Gasteiger partial charge in [-0.1, -0.05) is 19.1 Å². The van der Waals surface area contributed by atoms with Gasteiger partial charge in [0.15, 0.2) is 17.6 Å². The van der Waals surface area contributed by atoms with E-state index in [0.717, 1.165) is 5.56 Å². The molecule has 0 aromatic heterocycles. The highest BCUT2D eigenvalue weighted by Crippen LogP contribution is 2.31. The highest BCUT2D eigenvalue weighted by Gasteiger charge is 2.21. The van der Waals surface area contributed by atoms with Crippen molar-refractivity contribution in [2.75, 3.05) is 20.3 Å². The fraction of sp³-hybridized carbons (Fsp3) is 0.435. The number of hydrogen-bond donors (Lipinski definition) is 1. The standard InChI is InChI=1S/C23H31NO5/c1-6-20(29-19-11-9-10-18(15-19)26-5)23(25)24-16(4)17-12-13-21(27-7-2)22(14-17)28-8-3/h9-16,20H,6-8H2,1-5H3,(H,24,25)/t16-,20-/m1/s1. The van der Waals surface area contributed by atoms with Gasteiger partial charge in [-0.05, 0) is 57.0 Å². The van der Waals surface area contributed by atoms with E-state index in [-0.39, 0.29) is 11.9 Å². The van der Waals surface area contributed by atoms with Crippen LogP contribution in [0.4, 0.5) is 0 Å². The number of methoxy groups -OCH3 is 1. The zero-order valence-corrected chi connectivity index (χ0v) is 17.9. The molecule has 0 aliphatic heterocycles. The molecule has 2 rings (SSSR count). The molecule has 0 aliphatic rings. The second kappa shape index (κ2) is 11.2. The molecule has 6 heteroatoms. The molecule has 0 radical (unpaired) electrons. The van der Waals surface area contributed by atoms with Gasteiger partial charge >= 0.3 is 0 Å². The lowest BCUT2D eigenvalue weighted by Crippen LogP contribution is -2.39. The van der Waals surface area contributed by atoms with Crippen molar-refractivity contribution in [3.8, 4) is 23.0 Å². The number of rotatable bonds is 11. The summed E-state index contributed by atoms with van der Waals surface area (Å²) in [5, 5.41) is 3.03. The third-order valence-electron chi connectivity index (χ3n) is 4.41. The zero-order chi connectivity index (χ0) is 21.2. The average molecular weight is 402 g/mol. The Hall–Kier alpha value is -2.89. The molecular weight excluding hydrogens is 370 g/mol. The summed E-state index contributed by atoms with van der Waals surface area (Å²) in [6, 6.07) is 12.7. The van der Waals surface area contributed by atoms with Gasteiger partial charge in [0, 0.05) is 6.07 Å². The first-order valence-corrected chi connectivity index (χ1v) is 10.0. The van der Waals surface area contributed by atoms with E-state index in [0.29, 0.717) is 42.6 Å². The molecule has 0 spiro atoms. The summed E-state index contributed by atoms with van der Waals surface area (Å²) in [6.07, 6.45) is -0.0536. The summed E-state index contributed by atoms with van der Waals surface area (Å²) in [7, 11) is 1.60. The van der Waals surface area contributed by atoms with Crippen LogP contribution in [0.15, 0.2) is 42.5 Å². The van der Waals surface area contributed by atoms with Crippen molar-refractivity contribution in [2.45, 2.75) is 46.3 Å². The van der Waals surface area contributed by atoms with E-state index in [4.69, 9.17) is 18.9 Å². The zero-order valence-electron chi connectivity index (χ0n) is 17.9. The van der Waals surface area contributed by atoms with Gasteiger partial charge in [-0.15, -0.1) is 0 Å². The minimum absolute atomic E-state index is 0.172. The maximum absolute atomic E-state index is 12.8. The molecule has 0 saturated carbocycles. The molecule has 2 aromatic rings. The number of benzene rings is 2. The normalized spacial score (nSPS) is 12.6. The lowest BCUT2D eigenvalue weighted by Gasteiger charge is -2.22. The van der Waals surface area contributed by atoms with Crippen molar-refractivity contribution in [1.82, 2.24) is 5.32 Å². The van der Waals surface area contributed by atoms with Crippen LogP contribution in [0.2, 0.25) is 0 Å². The van der Waals surface area contributed by atoms with Gasteiger partial charge in [0.05, 0.1) is 26.4 Å². The number of nitrogens with one attached hydrogen (secondary N) is 1. The quantitative estimate of drug-likeness (QED) is 0.599. The topological polar surface area (TPSA) is 66.0 Å². The van der Waals surface area contributed by atoms with Crippen LogP contribution >= 0.6 is 0 Å². The number of hydrogen-bond acceptors (Lipinski definition) is 5. The first-order chi connectivity index (χ1) is 14.0. The van der Waals surface area contributed by atoms with Gasteiger partial charge in [0.25, 0.3) is 5.91 Å². The van der Waals surface area contributed by atoms with Gasteiger partial charge in [-0.25, -0.2) is 0 Å². The fourth-order valence-electron chi connectivity index (χ4n) is 2.89. The molecule has 0 heterocycles. The number of carbonyl (C=O) groups excluding carboxylic acids is 1. The smallest absolute Gasteiger partial charge is 0.261 e. The Morgan fingerprint density at radius 2 is 1.66 bits per heavy atom. The largest absolute Gasteiger partial charge is 0.497 e. The highest BCUT2D eigenvalue weighted by atomic mass is 16.5.